The summed E-state index contributed by atoms with van der Waals surface area (Å²) in [5.41, 5.74) is 6.38. The van der Waals surface area contributed by atoms with Gasteiger partial charge in [0.1, 0.15) is 5.02 Å². The largest absolute Gasteiger partial charge is 0.480 e. The predicted molar refractivity (Wildman–Crippen MR) is 52.9 cm³/mol. The highest BCUT2D eigenvalue weighted by atomic mass is 35.5. The lowest BCUT2D eigenvalue weighted by Gasteiger charge is -2.08. The smallest absolute Gasteiger partial charge is 0.232 e. The lowest BCUT2D eigenvalue weighted by Crippen LogP contribution is -2.09. The second-order valence-electron chi connectivity index (χ2n) is 2.49. The molecule has 0 aliphatic heterocycles. The number of nitrogens with two attached hydrogens (primary N) is 1. The van der Waals surface area contributed by atoms with Gasteiger partial charge in [-0.1, -0.05) is 17.7 Å². The van der Waals surface area contributed by atoms with Gasteiger partial charge >= 0.3 is 0 Å². The van der Waals surface area contributed by atoms with Crippen LogP contribution < -0.4 is 10.5 Å². The van der Waals surface area contributed by atoms with E-state index in [1.807, 2.05) is 0 Å². The summed E-state index contributed by atoms with van der Waals surface area (Å²) in [6.45, 7) is 3.58. The highest BCUT2D eigenvalue weighted by Crippen LogP contribution is 2.23. The van der Waals surface area contributed by atoms with Crippen LogP contribution in [-0.2, 0) is 0 Å². The molecular weight excluding hydrogens is 188 g/mol. The summed E-state index contributed by atoms with van der Waals surface area (Å²) in [6.07, 6.45) is 1.61. The van der Waals surface area contributed by atoms with Gasteiger partial charge < -0.3 is 10.5 Å². The Bertz CT molecular complexity index is 314. The predicted octanol–water partition coefficient (Wildman–Crippen LogP) is 1.93. The zero-order chi connectivity index (χ0) is 9.84. The van der Waals surface area contributed by atoms with Gasteiger partial charge in [0.05, 0.1) is 18.8 Å². The summed E-state index contributed by atoms with van der Waals surface area (Å²) in [5.74, 6) is 0.386. The maximum Gasteiger partial charge on any atom is 0.232 e. The normalized spacial score (nSPS) is 12.2. The van der Waals surface area contributed by atoms with E-state index in [0.29, 0.717) is 16.6 Å². The van der Waals surface area contributed by atoms with E-state index in [-0.39, 0.29) is 6.04 Å². The third-order valence-electron chi connectivity index (χ3n) is 1.62. The number of hydrogen-bond acceptors (Lipinski definition) is 3. The highest BCUT2D eigenvalue weighted by Gasteiger charge is 2.07. The van der Waals surface area contributed by atoms with Crippen molar-refractivity contribution in [2.75, 3.05) is 7.11 Å². The number of methoxy groups -OCH3 is 1. The monoisotopic (exact) mass is 198 g/mol. The average molecular weight is 199 g/mol. The van der Waals surface area contributed by atoms with Crippen molar-refractivity contribution in [3.8, 4) is 5.88 Å². The van der Waals surface area contributed by atoms with Crippen LogP contribution in [0.15, 0.2) is 24.8 Å². The Balaban J connectivity index is 3.05. The maximum absolute atomic E-state index is 5.79. The molecule has 0 saturated heterocycles. The molecule has 0 bridgehead atoms. The number of aromatic nitrogens is 1. The molecule has 3 nitrogen and oxygen atoms in total. The third kappa shape index (κ3) is 2.20. The first kappa shape index (κ1) is 10.0. The zero-order valence-corrected chi connectivity index (χ0v) is 8.08. The number of pyridine rings is 1. The number of nitrogens with zero attached hydrogens (tertiary/aromatic N) is 1. The minimum Gasteiger partial charge on any atom is -0.480 e. The van der Waals surface area contributed by atoms with Crippen LogP contribution >= 0.6 is 11.6 Å². The number of rotatable bonds is 3. The van der Waals surface area contributed by atoms with Gasteiger partial charge in [-0.05, 0) is 12.1 Å². The van der Waals surface area contributed by atoms with Crippen LogP contribution in [0.4, 0.5) is 0 Å². The molecule has 2 N–H and O–H groups in total. The fourth-order valence-electron chi connectivity index (χ4n) is 0.887. The van der Waals surface area contributed by atoms with E-state index < -0.39 is 0 Å². The van der Waals surface area contributed by atoms with Crippen molar-refractivity contribution in [2.45, 2.75) is 6.04 Å². The molecule has 0 aliphatic rings. The van der Waals surface area contributed by atoms with E-state index in [4.69, 9.17) is 22.1 Å². The average Bonchev–Trinajstić information content (AvgIpc) is 2.17. The first-order valence-electron chi connectivity index (χ1n) is 3.77. The molecule has 1 unspecified atom stereocenters. The van der Waals surface area contributed by atoms with Gasteiger partial charge in [-0.3, -0.25) is 0 Å². The Morgan fingerprint density at radius 3 is 2.92 bits per heavy atom. The highest BCUT2D eigenvalue weighted by molar-refractivity contribution is 6.31. The maximum atomic E-state index is 5.79. The van der Waals surface area contributed by atoms with Crippen molar-refractivity contribution < 1.29 is 4.74 Å². The van der Waals surface area contributed by atoms with Crippen molar-refractivity contribution in [3.63, 3.8) is 0 Å². The van der Waals surface area contributed by atoms with Gasteiger partial charge in [0.2, 0.25) is 5.88 Å². The molecule has 70 valence electrons. The van der Waals surface area contributed by atoms with E-state index >= 15 is 0 Å². The molecule has 0 spiro atoms. The molecule has 1 aromatic rings. The van der Waals surface area contributed by atoms with E-state index in [1.165, 1.54) is 7.11 Å². The number of ether oxygens (including phenoxy) is 1. The molecule has 0 amide bonds. The lowest BCUT2D eigenvalue weighted by molar-refractivity contribution is 0.396. The SMILES string of the molecule is C=CC(N)c1ccc(Cl)c(OC)n1. The van der Waals surface area contributed by atoms with Gasteiger partial charge in [-0.25, -0.2) is 4.98 Å². The van der Waals surface area contributed by atoms with Gasteiger partial charge in [0.25, 0.3) is 0 Å². The van der Waals surface area contributed by atoms with E-state index in [0.717, 1.165) is 0 Å². The van der Waals surface area contributed by atoms with Gasteiger partial charge in [0, 0.05) is 0 Å². The van der Waals surface area contributed by atoms with Crippen molar-refractivity contribution in [1.82, 2.24) is 4.98 Å². The van der Waals surface area contributed by atoms with Crippen LogP contribution in [0.1, 0.15) is 11.7 Å². The second kappa shape index (κ2) is 4.25. The third-order valence-corrected chi connectivity index (χ3v) is 1.91. The minimum atomic E-state index is -0.286. The Hall–Kier alpha value is -1.06. The van der Waals surface area contributed by atoms with Crippen LogP contribution in [-0.4, -0.2) is 12.1 Å². The lowest BCUT2D eigenvalue weighted by atomic mass is 10.2. The topological polar surface area (TPSA) is 48.1 Å². The minimum absolute atomic E-state index is 0.286. The summed E-state index contributed by atoms with van der Waals surface area (Å²) < 4.78 is 4.95. The zero-order valence-electron chi connectivity index (χ0n) is 7.33. The van der Waals surface area contributed by atoms with Gasteiger partial charge in [0.15, 0.2) is 0 Å². The van der Waals surface area contributed by atoms with Gasteiger partial charge in [-0.15, -0.1) is 6.58 Å². The Labute approximate surface area is 82.2 Å². The van der Waals surface area contributed by atoms with Crippen LogP contribution in [0.2, 0.25) is 5.02 Å². The van der Waals surface area contributed by atoms with Crippen LogP contribution in [0.5, 0.6) is 5.88 Å². The second-order valence-corrected chi connectivity index (χ2v) is 2.90. The van der Waals surface area contributed by atoms with Crippen LogP contribution in [0, 0.1) is 0 Å². The standard InChI is InChI=1S/C9H11ClN2O/c1-3-7(11)8-5-4-6(10)9(12-8)13-2/h3-5,7H,1,11H2,2H3. The Morgan fingerprint density at radius 1 is 1.69 bits per heavy atom. The molecule has 13 heavy (non-hydrogen) atoms. The van der Waals surface area contributed by atoms with E-state index in [1.54, 1.807) is 18.2 Å². The molecule has 0 saturated carbocycles. The Kier molecular flexibility index (Phi) is 3.28. The summed E-state index contributed by atoms with van der Waals surface area (Å²) in [4.78, 5) is 4.11. The van der Waals surface area contributed by atoms with E-state index in [9.17, 15) is 0 Å². The van der Waals surface area contributed by atoms with Crippen molar-refractivity contribution >= 4 is 11.6 Å². The molecule has 1 atom stereocenters. The first-order chi connectivity index (χ1) is 6.19. The number of halogens is 1. The van der Waals surface area contributed by atoms with E-state index in [2.05, 4.69) is 11.6 Å². The fraction of sp³-hybridized carbons (Fsp3) is 0.222. The molecule has 1 heterocycles. The van der Waals surface area contributed by atoms with Crippen molar-refractivity contribution in [2.24, 2.45) is 5.73 Å². The molecule has 4 heteroatoms. The van der Waals surface area contributed by atoms with Gasteiger partial charge in [-0.2, -0.15) is 0 Å². The summed E-state index contributed by atoms with van der Waals surface area (Å²) >= 11 is 5.79. The molecular formula is C9H11ClN2O. The molecule has 1 rings (SSSR count). The first-order valence-corrected chi connectivity index (χ1v) is 4.15. The summed E-state index contributed by atoms with van der Waals surface area (Å²) in [6, 6.07) is 3.16. The Morgan fingerprint density at radius 2 is 2.38 bits per heavy atom. The van der Waals surface area contributed by atoms with Crippen LogP contribution in [0.3, 0.4) is 0 Å². The molecule has 0 aliphatic carbocycles. The molecule has 1 aromatic heterocycles. The molecule has 0 aromatic carbocycles. The number of hydrogen-bond donors (Lipinski definition) is 1. The van der Waals surface area contributed by atoms with Crippen molar-refractivity contribution in [3.05, 3.63) is 35.5 Å². The van der Waals surface area contributed by atoms with Crippen LogP contribution in [0.25, 0.3) is 0 Å². The quantitative estimate of drug-likeness (QED) is 0.755. The summed E-state index contributed by atoms with van der Waals surface area (Å²) in [7, 11) is 1.51. The molecule has 0 fully saturated rings. The summed E-state index contributed by atoms with van der Waals surface area (Å²) in [5, 5.41) is 0.475. The fourth-order valence-corrected chi connectivity index (χ4v) is 1.07. The van der Waals surface area contributed by atoms with Crippen molar-refractivity contribution in [1.29, 1.82) is 0 Å². The molecule has 0 radical (unpaired) electrons.